The molecule has 2 aromatic carbocycles. The molecule has 1 unspecified atom stereocenters. The van der Waals surface area contributed by atoms with Crippen molar-refractivity contribution in [2.24, 2.45) is 0 Å². The van der Waals surface area contributed by atoms with Crippen LogP contribution in [0.15, 0.2) is 40.9 Å². The summed E-state index contributed by atoms with van der Waals surface area (Å²) in [6, 6.07) is 11.7. The predicted molar refractivity (Wildman–Crippen MR) is 92.7 cm³/mol. The fourth-order valence-corrected chi connectivity index (χ4v) is 2.94. The summed E-state index contributed by atoms with van der Waals surface area (Å²) in [6.45, 7) is 2.47. The third kappa shape index (κ3) is 3.92. The number of hydrogen-bond donors (Lipinski definition) is 1. The summed E-state index contributed by atoms with van der Waals surface area (Å²) in [6.07, 6.45) is 0. The van der Waals surface area contributed by atoms with Gasteiger partial charge in [-0.15, -0.1) is 0 Å². The molecule has 21 heavy (non-hydrogen) atoms. The third-order valence-electron chi connectivity index (χ3n) is 3.15. The lowest BCUT2D eigenvalue weighted by molar-refractivity contribution is 0.340. The summed E-state index contributed by atoms with van der Waals surface area (Å²) in [5.41, 5.74) is 2.04. The highest BCUT2D eigenvalue weighted by atomic mass is 79.9. The molecular formula is C16H16BrCl2NO. The standard InChI is InChI=1S/C16H16BrCl2NO/c1-3-21-15-9-13(18)12(8-14(15)19)16(20-2)10-4-6-11(17)7-5-10/h4-9,16,20H,3H2,1-2H3. The van der Waals surface area contributed by atoms with E-state index in [1.807, 2.05) is 44.3 Å². The van der Waals surface area contributed by atoms with E-state index in [0.29, 0.717) is 22.4 Å². The van der Waals surface area contributed by atoms with E-state index in [-0.39, 0.29) is 6.04 Å². The van der Waals surface area contributed by atoms with Gasteiger partial charge < -0.3 is 10.1 Å². The van der Waals surface area contributed by atoms with Gasteiger partial charge in [-0.05, 0) is 43.3 Å². The van der Waals surface area contributed by atoms with Gasteiger partial charge in [-0.25, -0.2) is 0 Å². The zero-order valence-electron chi connectivity index (χ0n) is 11.8. The van der Waals surface area contributed by atoms with Crippen LogP contribution in [0.25, 0.3) is 0 Å². The van der Waals surface area contributed by atoms with E-state index in [0.717, 1.165) is 15.6 Å². The van der Waals surface area contributed by atoms with Crippen LogP contribution in [0.4, 0.5) is 0 Å². The largest absolute Gasteiger partial charge is 0.492 e. The molecule has 0 saturated heterocycles. The van der Waals surface area contributed by atoms with Crippen LogP contribution >= 0.6 is 39.1 Å². The topological polar surface area (TPSA) is 21.3 Å². The lowest BCUT2D eigenvalue weighted by Gasteiger charge is -2.20. The van der Waals surface area contributed by atoms with Gasteiger partial charge in [-0.3, -0.25) is 0 Å². The molecule has 0 aromatic heterocycles. The molecule has 5 heteroatoms. The van der Waals surface area contributed by atoms with E-state index in [9.17, 15) is 0 Å². The molecule has 0 heterocycles. The first-order valence-electron chi connectivity index (χ1n) is 6.61. The summed E-state index contributed by atoms with van der Waals surface area (Å²) in [5.74, 6) is 0.610. The molecule has 2 nitrogen and oxygen atoms in total. The number of hydrogen-bond acceptors (Lipinski definition) is 2. The summed E-state index contributed by atoms with van der Waals surface area (Å²) in [5, 5.41) is 4.47. The van der Waals surface area contributed by atoms with Crippen molar-refractivity contribution in [2.75, 3.05) is 13.7 Å². The van der Waals surface area contributed by atoms with Crippen molar-refractivity contribution < 1.29 is 4.74 Å². The Labute approximate surface area is 143 Å². The molecule has 0 bridgehead atoms. The molecule has 0 radical (unpaired) electrons. The first kappa shape index (κ1) is 16.6. The molecule has 112 valence electrons. The second-order valence-corrected chi connectivity index (χ2v) is 6.24. The molecule has 0 aliphatic carbocycles. The first-order chi connectivity index (χ1) is 10.1. The highest BCUT2D eigenvalue weighted by Gasteiger charge is 2.18. The Morgan fingerprint density at radius 1 is 1.14 bits per heavy atom. The van der Waals surface area contributed by atoms with Crippen LogP contribution in [0.5, 0.6) is 5.75 Å². The van der Waals surface area contributed by atoms with E-state index in [1.165, 1.54) is 0 Å². The summed E-state index contributed by atoms with van der Waals surface area (Å²) < 4.78 is 6.50. The number of ether oxygens (including phenoxy) is 1. The maximum Gasteiger partial charge on any atom is 0.139 e. The molecule has 1 atom stereocenters. The maximum atomic E-state index is 6.40. The van der Waals surface area contributed by atoms with E-state index >= 15 is 0 Å². The highest BCUT2D eigenvalue weighted by molar-refractivity contribution is 9.10. The quantitative estimate of drug-likeness (QED) is 0.733. The normalized spacial score (nSPS) is 12.2. The van der Waals surface area contributed by atoms with Crippen molar-refractivity contribution in [3.63, 3.8) is 0 Å². The number of benzene rings is 2. The van der Waals surface area contributed by atoms with Gasteiger partial charge in [0.1, 0.15) is 5.75 Å². The fraction of sp³-hybridized carbons (Fsp3) is 0.250. The minimum atomic E-state index is -0.0289. The Bertz CT molecular complexity index is 616. The van der Waals surface area contributed by atoms with Crippen LogP contribution in [0.3, 0.4) is 0 Å². The van der Waals surface area contributed by atoms with Crippen molar-refractivity contribution in [3.8, 4) is 5.75 Å². The van der Waals surface area contributed by atoms with Crippen LogP contribution in [0.2, 0.25) is 10.0 Å². The van der Waals surface area contributed by atoms with E-state index in [1.54, 1.807) is 6.07 Å². The van der Waals surface area contributed by atoms with Gasteiger partial charge in [-0.1, -0.05) is 51.3 Å². The second kappa shape index (κ2) is 7.50. The zero-order chi connectivity index (χ0) is 15.4. The van der Waals surface area contributed by atoms with Gasteiger partial charge in [0.25, 0.3) is 0 Å². The maximum absolute atomic E-state index is 6.40. The Morgan fingerprint density at radius 2 is 1.81 bits per heavy atom. The van der Waals surface area contributed by atoms with E-state index in [2.05, 4.69) is 21.2 Å². The van der Waals surface area contributed by atoms with Crippen LogP contribution < -0.4 is 10.1 Å². The van der Waals surface area contributed by atoms with Crippen LogP contribution in [0.1, 0.15) is 24.1 Å². The average Bonchev–Trinajstić information content (AvgIpc) is 2.47. The molecule has 0 aliphatic heterocycles. The lowest BCUT2D eigenvalue weighted by Crippen LogP contribution is -2.18. The van der Waals surface area contributed by atoms with Crippen LogP contribution in [-0.2, 0) is 0 Å². The molecule has 0 saturated carbocycles. The Morgan fingerprint density at radius 3 is 2.38 bits per heavy atom. The minimum absolute atomic E-state index is 0.0289. The molecule has 2 aromatic rings. The minimum Gasteiger partial charge on any atom is -0.492 e. The van der Waals surface area contributed by atoms with Gasteiger partial charge in [0, 0.05) is 15.6 Å². The fourth-order valence-electron chi connectivity index (χ4n) is 2.19. The molecular weight excluding hydrogens is 373 g/mol. The number of halogens is 3. The van der Waals surface area contributed by atoms with E-state index < -0.39 is 0 Å². The lowest BCUT2D eigenvalue weighted by atomic mass is 9.98. The molecule has 2 rings (SSSR count). The summed E-state index contributed by atoms with van der Waals surface area (Å²) >= 11 is 16.1. The van der Waals surface area contributed by atoms with Gasteiger partial charge >= 0.3 is 0 Å². The Hall–Kier alpha value is -0.740. The summed E-state index contributed by atoms with van der Waals surface area (Å²) in [7, 11) is 1.90. The Kier molecular flexibility index (Phi) is 5.94. The number of nitrogens with one attached hydrogen (secondary N) is 1. The van der Waals surface area contributed by atoms with Crippen molar-refractivity contribution in [2.45, 2.75) is 13.0 Å². The molecule has 0 amide bonds. The SMILES string of the molecule is CCOc1cc(Cl)c(C(NC)c2ccc(Br)cc2)cc1Cl. The molecule has 0 fully saturated rings. The average molecular weight is 389 g/mol. The van der Waals surface area contributed by atoms with Crippen molar-refractivity contribution in [1.82, 2.24) is 5.32 Å². The highest BCUT2D eigenvalue weighted by Crippen LogP contribution is 2.36. The van der Waals surface area contributed by atoms with Gasteiger partial charge in [-0.2, -0.15) is 0 Å². The monoisotopic (exact) mass is 387 g/mol. The smallest absolute Gasteiger partial charge is 0.139 e. The van der Waals surface area contributed by atoms with E-state index in [4.69, 9.17) is 27.9 Å². The van der Waals surface area contributed by atoms with Crippen molar-refractivity contribution >= 4 is 39.1 Å². The van der Waals surface area contributed by atoms with Crippen LogP contribution in [0, 0.1) is 0 Å². The molecule has 1 N–H and O–H groups in total. The van der Waals surface area contributed by atoms with Crippen LogP contribution in [-0.4, -0.2) is 13.7 Å². The van der Waals surface area contributed by atoms with Crippen molar-refractivity contribution in [1.29, 1.82) is 0 Å². The van der Waals surface area contributed by atoms with Gasteiger partial charge in [0.15, 0.2) is 0 Å². The summed E-state index contributed by atoms with van der Waals surface area (Å²) in [4.78, 5) is 0. The molecule has 0 aliphatic rings. The first-order valence-corrected chi connectivity index (χ1v) is 8.16. The number of rotatable bonds is 5. The molecule has 0 spiro atoms. The Balaban J connectivity index is 2.42. The van der Waals surface area contributed by atoms with Gasteiger partial charge in [0.05, 0.1) is 17.7 Å². The van der Waals surface area contributed by atoms with Gasteiger partial charge in [0.2, 0.25) is 0 Å². The second-order valence-electron chi connectivity index (χ2n) is 4.51. The zero-order valence-corrected chi connectivity index (χ0v) is 14.9. The third-order valence-corrected chi connectivity index (χ3v) is 4.31. The predicted octanol–water partition coefficient (Wildman–Crippen LogP) is 5.46. The van der Waals surface area contributed by atoms with Crippen molar-refractivity contribution in [3.05, 3.63) is 62.0 Å².